The van der Waals surface area contributed by atoms with Gasteiger partial charge in [-0.3, -0.25) is 9.55 Å². The van der Waals surface area contributed by atoms with Crippen molar-refractivity contribution >= 4 is 10.9 Å². The predicted molar refractivity (Wildman–Crippen MR) is 130 cm³/mol. The molecule has 0 unspecified atom stereocenters. The standard InChI is InChI=1S/C28H22N4O4/c1-27-10-11-28(36-27,12-14-35-19-7-4-17(15-29)5-8-19)23-22(27)25(33)32(26(23)34)21-9-6-18(16-30)24-20(21)3-2-13-31-24/h2-9,13,33-34H,10-12,14H2,1H3/t27-,28-/m0/s1. The third kappa shape index (κ3) is 2.98. The molecule has 2 aromatic heterocycles. The predicted octanol–water partition coefficient (Wildman–Crippen LogP) is 4.88. The van der Waals surface area contributed by atoms with E-state index >= 15 is 0 Å². The first-order valence-corrected chi connectivity index (χ1v) is 11.7. The Morgan fingerprint density at radius 3 is 2.56 bits per heavy atom. The SMILES string of the molecule is C[C@@]12CC[C@@](CCOc3ccc(C#N)cc3)(O1)c1c2c(O)n(-c2ccc(C#N)c3ncccc23)c1O. The highest BCUT2D eigenvalue weighted by Gasteiger charge is 2.61. The zero-order valence-corrected chi connectivity index (χ0v) is 19.5. The lowest BCUT2D eigenvalue weighted by atomic mass is 9.78. The summed E-state index contributed by atoms with van der Waals surface area (Å²) >= 11 is 0. The van der Waals surface area contributed by atoms with E-state index in [0.717, 1.165) is 0 Å². The number of aromatic nitrogens is 2. The Hall–Kier alpha value is -4.53. The summed E-state index contributed by atoms with van der Waals surface area (Å²) in [5.41, 5.74) is 1.64. The fourth-order valence-corrected chi connectivity index (χ4v) is 5.74. The van der Waals surface area contributed by atoms with Gasteiger partial charge in [-0.15, -0.1) is 0 Å². The van der Waals surface area contributed by atoms with E-state index in [-0.39, 0.29) is 11.8 Å². The molecule has 0 radical (unpaired) electrons. The summed E-state index contributed by atoms with van der Waals surface area (Å²) in [6, 6.07) is 18.1. The van der Waals surface area contributed by atoms with Crippen LogP contribution < -0.4 is 4.74 Å². The molecule has 2 N–H and O–H groups in total. The Morgan fingerprint density at radius 2 is 1.81 bits per heavy atom. The van der Waals surface area contributed by atoms with Crippen LogP contribution in [-0.2, 0) is 15.9 Å². The molecule has 2 bridgehead atoms. The molecule has 4 aromatic rings. The van der Waals surface area contributed by atoms with E-state index in [1.807, 2.05) is 13.0 Å². The van der Waals surface area contributed by atoms with E-state index in [2.05, 4.69) is 17.1 Å². The maximum absolute atomic E-state index is 11.5. The van der Waals surface area contributed by atoms with E-state index < -0.39 is 11.2 Å². The van der Waals surface area contributed by atoms with Gasteiger partial charge in [0.15, 0.2) is 0 Å². The van der Waals surface area contributed by atoms with Gasteiger partial charge in [-0.2, -0.15) is 10.5 Å². The Labute approximate surface area is 207 Å². The summed E-state index contributed by atoms with van der Waals surface area (Å²) in [6.07, 6.45) is 3.46. The van der Waals surface area contributed by atoms with E-state index in [0.29, 0.717) is 70.5 Å². The third-order valence-electron chi connectivity index (χ3n) is 7.40. The molecule has 0 spiro atoms. The molecule has 0 saturated carbocycles. The van der Waals surface area contributed by atoms with Gasteiger partial charge in [0.2, 0.25) is 11.8 Å². The third-order valence-corrected chi connectivity index (χ3v) is 7.40. The molecule has 8 heteroatoms. The van der Waals surface area contributed by atoms with Crippen LogP contribution in [0.4, 0.5) is 0 Å². The highest BCUT2D eigenvalue weighted by atomic mass is 16.5. The summed E-state index contributed by atoms with van der Waals surface area (Å²) in [7, 11) is 0. The smallest absolute Gasteiger partial charge is 0.205 e. The number of aromatic hydroxyl groups is 2. The first-order chi connectivity index (χ1) is 17.4. The van der Waals surface area contributed by atoms with Crippen molar-refractivity contribution in [2.24, 2.45) is 0 Å². The monoisotopic (exact) mass is 478 g/mol. The largest absolute Gasteiger partial charge is 0.494 e. The second-order valence-corrected chi connectivity index (χ2v) is 9.44. The van der Waals surface area contributed by atoms with Crippen LogP contribution in [0.1, 0.15) is 48.4 Å². The van der Waals surface area contributed by atoms with Gasteiger partial charge >= 0.3 is 0 Å². The highest BCUT2D eigenvalue weighted by molar-refractivity contribution is 5.92. The van der Waals surface area contributed by atoms with E-state index in [1.165, 1.54) is 4.57 Å². The molecule has 1 fully saturated rings. The van der Waals surface area contributed by atoms with Gasteiger partial charge in [0.1, 0.15) is 17.4 Å². The normalized spacial score (nSPS) is 21.8. The summed E-state index contributed by atoms with van der Waals surface area (Å²) in [6.45, 7) is 2.26. The van der Waals surface area contributed by atoms with Gasteiger partial charge in [-0.1, -0.05) is 0 Å². The van der Waals surface area contributed by atoms with Gasteiger partial charge in [-0.25, -0.2) is 0 Å². The number of hydrogen-bond acceptors (Lipinski definition) is 7. The number of hydrogen-bond donors (Lipinski definition) is 2. The van der Waals surface area contributed by atoms with Crippen LogP contribution >= 0.6 is 0 Å². The fourth-order valence-electron chi connectivity index (χ4n) is 5.74. The van der Waals surface area contributed by atoms with Crippen LogP contribution in [0.5, 0.6) is 17.5 Å². The quantitative estimate of drug-likeness (QED) is 0.419. The lowest BCUT2D eigenvalue weighted by Gasteiger charge is -2.26. The minimum absolute atomic E-state index is 0.0746. The molecule has 0 amide bonds. The van der Waals surface area contributed by atoms with Gasteiger partial charge in [0, 0.05) is 18.0 Å². The number of ether oxygens (including phenoxy) is 2. The minimum Gasteiger partial charge on any atom is -0.494 e. The van der Waals surface area contributed by atoms with Crippen molar-refractivity contribution in [2.45, 2.75) is 37.4 Å². The molecule has 2 aliphatic rings. The van der Waals surface area contributed by atoms with E-state index in [9.17, 15) is 15.5 Å². The zero-order valence-electron chi connectivity index (χ0n) is 19.5. The van der Waals surface area contributed by atoms with Crippen LogP contribution in [0.3, 0.4) is 0 Å². The molecule has 0 aliphatic carbocycles. The van der Waals surface area contributed by atoms with Gasteiger partial charge in [-0.05, 0) is 68.3 Å². The summed E-state index contributed by atoms with van der Waals surface area (Å²) < 4.78 is 13.9. The van der Waals surface area contributed by atoms with Crippen molar-refractivity contribution in [3.63, 3.8) is 0 Å². The fraction of sp³-hybridized carbons (Fsp3) is 0.250. The van der Waals surface area contributed by atoms with Crippen LogP contribution in [0.15, 0.2) is 54.7 Å². The Kier molecular flexibility index (Phi) is 4.72. The van der Waals surface area contributed by atoms with Crippen molar-refractivity contribution in [3.8, 4) is 35.3 Å². The average Bonchev–Trinajstić information content (AvgIpc) is 3.48. The Bertz CT molecular complexity index is 1610. The van der Waals surface area contributed by atoms with Crippen molar-refractivity contribution < 1.29 is 19.7 Å². The average molecular weight is 479 g/mol. The molecule has 2 atom stereocenters. The molecule has 4 heterocycles. The minimum atomic E-state index is -0.801. The van der Waals surface area contributed by atoms with Crippen molar-refractivity contribution in [1.82, 2.24) is 9.55 Å². The first-order valence-electron chi connectivity index (χ1n) is 11.7. The molecule has 6 rings (SSSR count). The maximum Gasteiger partial charge on any atom is 0.205 e. The van der Waals surface area contributed by atoms with Gasteiger partial charge in [0.25, 0.3) is 0 Å². The molecule has 36 heavy (non-hydrogen) atoms. The Balaban J connectivity index is 1.40. The number of nitriles is 2. The van der Waals surface area contributed by atoms with Crippen LogP contribution in [0.25, 0.3) is 16.6 Å². The summed E-state index contributed by atoms with van der Waals surface area (Å²) in [5, 5.41) is 42.0. The van der Waals surface area contributed by atoms with Gasteiger partial charge in [0.05, 0.1) is 51.7 Å². The molecular formula is C28H22N4O4. The maximum atomic E-state index is 11.5. The van der Waals surface area contributed by atoms with E-state index in [4.69, 9.17) is 14.7 Å². The van der Waals surface area contributed by atoms with Crippen LogP contribution in [0, 0.1) is 22.7 Å². The Morgan fingerprint density at radius 1 is 1.03 bits per heavy atom. The van der Waals surface area contributed by atoms with Crippen LogP contribution in [0.2, 0.25) is 0 Å². The zero-order chi connectivity index (χ0) is 25.1. The number of nitrogens with zero attached hydrogens (tertiary/aromatic N) is 4. The van der Waals surface area contributed by atoms with Crippen molar-refractivity contribution in [2.75, 3.05) is 6.61 Å². The molecule has 2 aromatic carbocycles. The molecule has 2 aliphatic heterocycles. The van der Waals surface area contributed by atoms with Gasteiger partial charge < -0.3 is 19.7 Å². The number of pyridine rings is 1. The lowest BCUT2D eigenvalue weighted by Crippen LogP contribution is -2.25. The first kappa shape index (κ1) is 22.0. The highest BCUT2D eigenvalue weighted by Crippen LogP contribution is 2.65. The summed E-state index contributed by atoms with van der Waals surface area (Å²) in [5.74, 6) is 0.485. The second kappa shape index (κ2) is 7.74. The molecule has 1 saturated heterocycles. The van der Waals surface area contributed by atoms with Crippen molar-refractivity contribution in [1.29, 1.82) is 10.5 Å². The summed E-state index contributed by atoms with van der Waals surface area (Å²) in [4.78, 5) is 4.35. The number of benzene rings is 2. The molecule has 178 valence electrons. The second-order valence-electron chi connectivity index (χ2n) is 9.44. The topological polar surface area (TPSA) is 124 Å². The molecule has 8 nitrogen and oxygen atoms in total. The van der Waals surface area contributed by atoms with Crippen molar-refractivity contribution in [3.05, 3.63) is 77.0 Å². The number of rotatable bonds is 5. The van der Waals surface area contributed by atoms with Crippen LogP contribution in [-0.4, -0.2) is 26.4 Å². The molecular weight excluding hydrogens is 456 g/mol. The van der Waals surface area contributed by atoms with E-state index in [1.54, 1.807) is 48.7 Å². The lowest BCUT2D eigenvalue weighted by molar-refractivity contribution is -0.0876. The number of fused-ring (bicyclic) bond motifs is 6.